The van der Waals surface area contributed by atoms with Gasteiger partial charge in [0, 0.05) is 37.3 Å². The van der Waals surface area contributed by atoms with Crippen LogP contribution in [0.25, 0.3) is 17.0 Å². The minimum absolute atomic E-state index is 0.382. The largest absolute Gasteiger partial charge is 0.354 e. The maximum absolute atomic E-state index is 4.83. The fourth-order valence-corrected chi connectivity index (χ4v) is 4.08. The number of hydrogen-bond acceptors (Lipinski definition) is 7. The van der Waals surface area contributed by atoms with Crippen LogP contribution in [0.5, 0.6) is 0 Å². The molecule has 4 heterocycles. The highest BCUT2D eigenvalue weighted by atomic mass is 15.4. The molecule has 32 heavy (non-hydrogen) atoms. The van der Waals surface area contributed by atoms with Crippen molar-refractivity contribution in [1.29, 1.82) is 0 Å². The van der Waals surface area contributed by atoms with E-state index in [1.807, 2.05) is 21.3 Å². The van der Waals surface area contributed by atoms with Crippen molar-refractivity contribution in [2.24, 2.45) is 0 Å². The topological polar surface area (TPSA) is 80.3 Å². The van der Waals surface area contributed by atoms with Gasteiger partial charge in [-0.25, -0.2) is 0 Å². The molecule has 9 heteroatoms. The van der Waals surface area contributed by atoms with Gasteiger partial charge in [-0.15, -0.1) is 20.4 Å². The first-order chi connectivity index (χ1) is 15.6. The Morgan fingerprint density at radius 3 is 2.50 bits per heavy atom. The molecule has 0 unspecified atom stereocenters. The van der Waals surface area contributed by atoms with Gasteiger partial charge >= 0.3 is 0 Å². The number of likely N-dealkylation sites (N-methyl/N-ethyl adjacent to an activating group) is 1. The van der Waals surface area contributed by atoms with Gasteiger partial charge in [-0.3, -0.25) is 4.68 Å². The highest BCUT2D eigenvalue weighted by Crippen LogP contribution is 2.30. The van der Waals surface area contributed by atoms with Gasteiger partial charge in [0.05, 0.1) is 12.2 Å². The summed E-state index contributed by atoms with van der Waals surface area (Å²) in [6.45, 7) is 12.2. The van der Waals surface area contributed by atoms with Gasteiger partial charge < -0.3 is 9.80 Å². The average Bonchev–Trinajstić information content (AvgIpc) is 3.41. The highest BCUT2D eigenvalue weighted by Gasteiger charge is 2.31. The quantitative estimate of drug-likeness (QED) is 0.424. The van der Waals surface area contributed by atoms with Crippen molar-refractivity contribution in [3.05, 3.63) is 53.9 Å². The van der Waals surface area contributed by atoms with Gasteiger partial charge in [0.15, 0.2) is 11.5 Å². The van der Waals surface area contributed by atoms with Crippen molar-refractivity contribution in [2.45, 2.75) is 33.2 Å². The second-order valence-corrected chi connectivity index (χ2v) is 8.39. The standard InChI is InChI=1S/C23H29N9/c1-4-29(5-2)12-13-31-16-20(24-28-31)19-14-30(15-19)22-11-10-21-25-26-23(32(21)27-22)18-8-6-17(3)7-9-18/h6-11,16,19H,4-5,12-15H2,1-3H3. The number of anilines is 1. The number of benzene rings is 1. The predicted octanol–water partition coefficient (Wildman–Crippen LogP) is 2.64. The molecule has 0 N–H and O–H groups in total. The Hall–Kier alpha value is -3.33. The van der Waals surface area contributed by atoms with Gasteiger partial charge in [0.25, 0.3) is 0 Å². The molecular formula is C23H29N9. The summed E-state index contributed by atoms with van der Waals surface area (Å²) in [4.78, 5) is 4.65. The summed E-state index contributed by atoms with van der Waals surface area (Å²) in [6.07, 6.45) is 2.09. The van der Waals surface area contributed by atoms with Crippen molar-refractivity contribution in [1.82, 2.24) is 39.7 Å². The Morgan fingerprint density at radius 1 is 0.969 bits per heavy atom. The van der Waals surface area contributed by atoms with Gasteiger partial charge in [-0.1, -0.05) is 48.9 Å². The number of aryl methyl sites for hydroxylation is 1. The van der Waals surface area contributed by atoms with Crippen LogP contribution >= 0.6 is 0 Å². The summed E-state index contributed by atoms with van der Waals surface area (Å²) in [5.74, 6) is 2.07. The van der Waals surface area contributed by atoms with Crippen LogP contribution in [-0.4, -0.2) is 72.4 Å². The lowest BCUT2D eigenvalue weighted by Gasteiger charge is -2.38. The van der Waals surface area contributed by atoms with Crippen LogP contribution in [0.3, 0.4) is 0 Å². The van der Waals surface area contributed by atoms with E-state index in [-0.39, 0.29) is 0 Å². The van der Waals surface area contributed by atoms with Crippen LogP contribution in [-0.2, 0) is 6.54 Å². The van der Waals surface area contributed by atoms with Crippen LogP contribution in [0.4, 0.5) is 5.82 Å². The summed E-state index contributed by atoms with van der Waals surface area (Å²) in [7, 11) is 0. The zero-order chi connectivity index (χ0) is 22.1. The third-order valence-corrected chi connectivity index (χ3v) is 6.28. The lowest BCUT2D eigenvalue weighted by atomic mass is 9.97. The zero-order valence-corrected chi connectivity index (χ0v) is 18.9. The number of aromatic nitrogens is 7. The molecule has 0 amide bonds. The van der Waals surface area contributed by atoms with Crippen molar-refractivity contribution in [3.8, 4) is 11.4 Å². The molecule has 0 atom stereocenters. The van der Waals surface area contributed by atoms with Gasteiger partial charge in [0.2, 0.25) is 0 Å². The Kier molecular flexibility index (Phi) is 5.57. The second kappa shape index (κ2) is 8.66. The Labute approximate surface area is 187 Å². The van der Waals surface area contributed by atoms with E-state index in [1.165, 1.54) is 5.56 Å². The van der Waals surface area contributed by atoms with E-state index in [0.29, 0.717) is 5.92 Å². The summed E-state index contributed by atoms with van der Waals surface area (Å²) in [6, 6.07) is 12.3. The van der Waals surface area contributed by atoms with E-state index in [0.717, 1.165) is 67.8 Å². The fourth-order valence-electron chi connectivity index (χ4n) is 4.08. The minimum Gasteiger partial charge on any atom is -0.354 e. The predicted molar refractivity (Wildman–Crippen MR) is 124 cm³/mol. The van der Waals surface area contributed by atoms with Crippen molar-refractivity contribution in [2.75, 3.05) is 37.6 Å². The lowest BCUT2D eigenvalue weighted by molar-refractivity contribution is 0.284. The molecule has 1 aliphatic rings. The van der Waals surface area contributed by atoms with Crippen LogP contribution in [0, 0.1) is 6.92 Å². The first-order valence-electron chi connectivity index (χ1n) is 11.3. The zero-order valence-electron chi connectivity index (χ0n) is 18.9. The number of nitrogens with zero attached hydrogens (tertiary/aromatic N) is 9. The molecule has 0 spiro atoms. The molecule has 0 radical (unpaired) electrons. The molecule has 3 aromatic heterocycles. The Bertz CT molecular complexity index is 1180. The number of fused-ring (bicyclic) bond motifs is 1. The molecule has 0 saturated carbocycles. The molecule has 0 aliphatic carbocycles. The van der Waals surface area contributed by atoms with Crippen molar-refractivity contribution in [3.63, 3.8) is 0 Å². The molecular weight excluding hydrogens is 402 g/mol. The molecule has 0 bridgehead atoms. The first-order valence-corrected chi connectivity index (χ1v) is 11.3. The Morgan fingerprint density at radius 2 is 1.75 bits per heavy atom. The number of rotatable bonds is 8. The van der Waals surface area contributed by atoms with Crippen LogP contribution in [0.15, 0.2) is 42.6 Å². The van der Waals surface area contributed by atoms with E-state index >= 15 is 0 Å². The normalized spacial score (nSPS) is 14.4. The average molecular weight is 432 g/mol. The van der Waals surface area contributed by atoms with Crippen LogP contribution < -0.4 is 4.90 Å². The molecule has 4 aromatic rings. The van der Waals surface area contributed by atoms with Crippen LogP contribution in [0.2, 0.25) is 0 Å². The molecule has 1 saturated heterocycles. The lowest BCUT2D eigenvalue weighted by Crippen LogP contribution is -2.45. The van der Waals surface area contributed by atoms with Crippen LogP contribution in [0.1, 0.15) is 31.0 Å². The van der Waals surface area contributed by atoms with E-state index in [4.69, 9.17) is 5.10 Å². The van der Waals surface area contributed by atoms with E-state index < -0.39 is 0 Å². The first kappa shape index (κ1) is 20.6. The Balaban J connectivity index is 1.26. The maximum Gasteiger partial charge on any atom is 0.185 e. The smallest absolute Gasteiger partial charge is 0.185 e. The molecule has 5 rings (SSSR count). The van der Waals surface area contributed by atoms with E-state index in [9.17, 15) is 0 Å². The molecule has 1 aliphatic heterocycles. The van der Waals surface area contributed by atoms with Gasteiger partial charge in [-0.05, 0) is 32.1 Å². The van der Waals surface area contributed by atoms with Gasteiger partial charge in [0.1, 0.15) is 5.82 Å². The fraction of sp³-hybridized carbons (Fsp3) is 0.435. The summed E-state index contributed by atoms with van der Waals surface area (Å²) in [5.41, 5.74) is 4.03. The second-order valence-electron chi connectivity index (χ2n) is 8.39. The third-order valence-electron chi connectivity index (χ3n) is 6.28. The summed E-state index contributed by atoms with van der Waals surface area (Å²) < 4.78 is 3.79. The molecule has 1 aromatic carbocycles. The summed E-state index contributed by atoms with van der Waals surface area (Å²) in [5, 5.41) is 22.2. The molecule has 166 valence electrons. The van der Waals surface area contributed by atoms with E-state index in [2.05, 4.69) is 81.5 Å². The highest BCUT2D eigenvalue weighted by molar-refractivity contribution is 5.60. The number of hydrogen-bond donors (Lipinski definition) is 0. The van der Waals surface area contributed by atoms with Crippen molar-refractivity contribution >= 4 is 11.5 Å². The molecule has 1 fully saturated rings. The third kappa shape index (κ3) is 3.95. The SMILES string of the molecule is CCN(CC)CCn1cc(C2CN(c3ccc4nnc(-c5ccc(C)cc5)n4n3)C2)nn1. The minimum atomic E-state index is 0.382. The molecule has 9 nitrogen and oxygen atoms in total. The maximum atomic E-state index is 4.83. The van der Waals surface area contributed by atoms with E-state index in [1.54, 1.807) is 0 Å². The monoisotopic (exact) mass is 431 g/mol. The van der Waals surface area contributed by atoms with Gasteiger partial charge in [-0.2, -0.15) is 4.52 Å². The van der Waals surface area contributed by atoms with Crippen molar-refractivity contribution < 1.29 is 0 Å². The summed E-state index contributed by atoms with van der Waals surface area (Å²) >= 11 is 0.